The lowest BCUT2D eigenvalue weighted by Gasteiger charge is -2.08. The third-order valence-corrected chi connectivity index (χ3v) is 4.11. The first-order chi connectivity index (χ1) is 9.99. The van der Waals surface area contributed by atoms with E-state index in [2.05, 4.69) is 43.4 Å². The van der Waals surface area contributed by atoms with Crippen molar-refractivity contribution in [3.05, 3.63) is 35.4 Å². The van der Waals surface area contributed by atoms with Gasteiger partial charge in [-0.2, -0.15) is 5.26 Å². The maximum absolute atomic E-state index is 12.2. The van der Waals surface area contributed by atoms with Gasteiger partial charge in [0.05, 0.1) is 6.07 Å². The fourth-order valence-corrected chi connectivity index (χ4v) is 2.62. The molecule has 0 aliphatic heterocycles. The molecule has 4 nitrogen and oxygen atoms in total. The van der Waals surface area contributed by atoms with E-state index in [9.17, 15) is 9.59 Å². The Morgan fingerprint density at radius 2 is 1.90 bits per heavy atom. The first-order valence-corrected chi connectivity index (χ1v) is 7.24. The fourth-order valence-electron chi connectivity index (χ4n) is 2.62. The van der Waals surface area contributed by atoms with Crippen LogP contribution in [0.1, 0.15) is 43.2 Å². The van der Waals surface area contributed by atoms with Gasteiger partial charge in [-0.3, -0.25) is 9.59 Å². The lowest BCUT2D eigenvalue weighted by Crippen LogP contribution is -2.33. The van der Waals surface area contributed by atoms with Gasteiger partial charge in [0.25, 0.3) is 0 Å². The first-order valence-electron chi connectivity index (χ1n) is 7.24. The number of amides is 1. The van der Waals surface area contributed by atoms with Crippen molar-refractivity contribution < 1.29 is 9.59 Å². The second-order valence-electron chi connectivity index (χ2n) is 5.85. The van der Waals surface area contributed by atoms with Crippen molar-refractivity contribution in [1.29, 1.82) is 5.26 Å². The Morgan fingerprint density at radius 3 is 2.38 bits per heavy atom. The molecule has 0 aromatic heterocycles. The number of hydrogen-bond donors (Lipinski definition) is 1. The summed E-state index contributed by atoms with van der Waals surface area (Å²) < 4.78 is 0. The minimum absolute atomic E-state index is 0.152. The highest BCUT2D eigenvalue weighted by molar-refractivity contribution is 6.06. The average Bonchev–Trinajstić information content (AvgIpc) is 3.28. The van der Waals surface area contributed by atoms with Gasteiger partial charge in [-0.05, 0) is 29.4 Å². The summed E-state index contributed by atoms with van der Waals surface area (Å²) in [5.74, 6) is -1.51. The van der Waals surface area contributed by atoms with Gasteiger partial charge in [0.15, 0.2) is 11.7 Å². The number of nitriles is 1. The predicted octanol–water partition coefficient (Wildman–Crippen LogP) is 2.37. The number of benzene rings is 1. The average molecular weight is 284 g/mol. The molecule has 0 radical (unpaired) electrons. The maximum Gasteiger partial charge on any atom is 0.244 e. The molecule has 21 heavy (non-hydrogen) atoms. The zero-order chi connectivity index (χ0) is 15.6. The summed E-state index contributed by atoms with van der Waals surface area (Å²) in [5.41, 5.74) is 2.38. The van der Waals surface area contributed by atoms with Gasteiger partial charge in [-0.25, -0.2) is 0 Å². The lowest BCUT2D eigenvalue weighted by molar-refractivity contribution is -0.132. The van der Waals surface area contributed by atoms with Gasteiger partial charge in [-0.15, -0.1) is 0 Å². The quantitative estimate of drug-likeness (QED) is 0.844. The van der Waals surface area contributed by atoms with Crippen molar-refractivity contribution in [1.82, 2.24) is 5.32 Å². The van der Waals surface area contributed by atoms with Gasteiger partial charge < -0.3 is 5.32 Å². The number of carbonyl (C=O) groups excluding carboxylic acids is 2. The molecule has 3 atom stereocenters. The monoisotopic (exact) mass is 284 g/mol. The molecule has 0 unspecified atom stereocenters. The van der Waals surface area contributed by atoms with E-state index in [0.717, 1.165) is 12.0 Å². The number of nitrogens with one attached hydrogen (secondary N) is 1. The van der Waals surface area contributed by atoms with Crippen molar-refractivity contribution in [2.75, 3.05) is 7.05 Å². The molecular formula is C17H20N2O2. The van der Waals surface area contributed by atoms with Crippen LogP contribution in [0.5, 0.6) is 0 Å². The number of rotatable bonds is 5. The van der Waals surface area contributed by atoms with E-state index in [0.29, 0.717) is 5.92 Å². The van der Waals surface area contributed by atoms with Crippen LogP contribution >= 0.6 is 0 Å². The Kier molecular flexibility index (Phi) is 4.42. The molecule has 0 saturated heterocycles. The Labute approximate surface area is 125 Å². The third-order valence-electron chi connectivity index (χ3n) is 4.11. The van der Waals surface area contributed by atoms with Crippen LogP contribution in [0.2, 0.25) is 0 Å². The van der Waals surface area contributed by atoms with E-state index in [1.165, 1.54) is 12.6 Å². The van der Waals surface area contributed by atoms with Crippen LogP contribution in [0.3, 0.4) is 0 Å². The molecule has 1 aromatic carbocycles. The highest BCUT2D eigenvalue weighted by Gasteiger charge is 2.47. The molecule has 1 amide bonds. The summed E-state index contributed by atoms with van der Waals surface area (Å²) in [6.45, 7) is 4.28. The molecule has 1 saturated carbocycles. The SMILES string of the molecule is CNC(=O)[C@H](C#N)C(=O)[C@H]1C[C@@H]1c1ccc(C(C)C)cc1. The largest absolute Gasteiger partial charge is 0.358 e. The maximum atomic E-state index is 12.2. The van der Waals surface area contributed by atoms with E-state index in [4.69, 9.17) is 5.26 Å². The molecule has 1 aromatic rings. The van der Waals surface area contributed by atoms with Crippen molar-refractivity contribution >= 4 is 11.7 Å². The summed E-state index contributed by atoms with van der Waals surface area (Å²) in [7, 11) is 1.44. The Hall–Kier alpha value is -2.15. The predicted molar refractivity (Wildman–Crippen MR) is 79.6 cm³/mol. The van der Waals surface area contributed by atoms with Crippen LogP contribution < -0.4 is 5.32 Å². The van der Waals surface area contributed by atoms with Gasteiger partial charge in [0, 0.05) is 13.0 Å². The summed E-state index contributed by atoms with van der Waals surface area (Å²) in [6, 6.07) is 10.1. The molecule has 1 N–H and O–H groups in total. The summed E-state index contributed by atoms with van der Waals surface area (Å²) in [5, 5.41) is 11.4. The summed E-state index contributed by atoms with van der Waals surface area (Å²) in [6.07, 6.45) is 0.731. The molecule has 0 bridgehead atoms. The first kappa shape index (κ1) is 15.2. The highest BCUT2D eigenvalue weighted by Crippen LogP contribution is 2.49. The zero-order valence-corrected chi connectivity index (χ0v) is 12.6. The number of nitrogens with zero attached hydrogens (tertiary/aromatic N) is 1. The van der Waals surface area contributed by atoms with Crippen molar-refractivity contribution in [3.63, 3.8) is 0 Å². The minimum atomic E-state index is -1.18. The fraction of sp³-hybridized carbons (Fsp3) is 0.471. The smallest absolute Gasteiger partial charge is 0.244 e. The van der Waals surface area contributed by atoms with Crippen LogP contribution in [-0.2, 0) is 9.59 Å². The number of hydrogen-bond acceptors (Lipinski definition) is 3. The third kappa shape index (κ3) is 3.13. The molecule has 0 heterocycles. The topological polar surface area (TPSA) is 70.0 Å². The van der Waals surface area contributed by atoms with Crippen molar-refractivity contribution in [3.8, 4) is 6.07 Å². The van der Waals surface area contributed by atoms with Crippen LogP contribution in [0.25, 0.3) is 0 Å². The molecule has 1 aliphatic rings. The standard InChI is InChI=1S/C17H20N2O2/c1-10(2)11-4-6-12(7-5-11)13-8-14(13)16(20)15(9-18)17(21)19-3/h4-7,10,13-15H,8H2,1-3H3,(H,19,21)/t13-,14+,15-/m1/s1. The Balaban J connectivity index is 2.05. The Bertz CT molecular complexity index is 584. The summed E-state index contributed by atoms with van der Waals surface area (Å²) >= 11 is 0. The molecule has 1 aliphatic carbocycles. The normalized spacial score (nSPS) is 21.5. The lowest BCUT2D eigenvalue weighted by atomic mass is 9.96. The van der Waals surface area contributed by atoms with Gasteiger partial charge >= 0.3 is 0 Å². The highest BCUT2D eigenvalue weighted by atomic mass is 16.2. The van der Waals surface area contributed by atoms with Crippen LogP contribution in [-0.4, -0.2) is 18.7 Å². The summed E-state index contributed by atoms with van der Waals surface area (Å²) in [4.78, 5) is 23.7. The molecular weight excluding hydrogens is 264 g/mol. The van der Waals surface area contributed by atoms with Gasteiger partial charge in [0.1, 0.15) is 0 Å². The van der Waals surface area contributed by atoms with Gasteiger partial charge in [0.2, 0.25) is 5.91 Å². The number of Topliss-reactive ketones (excluding diaryl/α,β-unsaturated/α-hetero) is 1. The molecule has 1 fully saturated rings. The van der Waals surface area contributed by atoms with E-state index in [1.807, 2.05) is 6.07 Å². The molecule has 110 valence electrons. The second-order valence-corrected chi connectivity index (χ2v) is 5.85. The van der Waals surface area contributed by atoms with Crippen LogP contribution in [0.4, 0.5) is 0 Å². The van der Waals surface area contributed by atoms with E-state index in [1.54, 1.807) is 0 Å². The van der Waals surface area contributed by atoms with Crippen LogP contribution in [0.15, 0.2) is 24.3 Å². The minimum Gasteiger partial charge on any atom is -0.358 e. The van der Waals surface area contributed by atoms with E-state index >= 15 is 0 Å². The number of carbonyl (C=O) groups is 2. The molecule has 0 spiro atoms. The molecule has 4 heteroatoms. The second kappa shape index (κ2) is 6.09. The van der Waals surface area contributed by atoms with E-state index < -0.39 is 11.8 Å². The molecule has 2 rings (SSSR count). The van der Waals surface area contributed by atoms with Gasteiger partial charge in [-0.1, -0.05) is 38.1 Å². The zero-order valence-electron chi connectivity index (χ0n) is 12.6. The van der Waals surface area contributed by atoms with Crippen molar-refractivity contribution in [2.24, 2.45) is 11.8 Å². The van der Waals surface area contributed by atoms with Crippen molar-refractivity contribution in [2.45, 2.75) is 32.1 Å². The number of ketones is 1. The van der Waals surface area contributed by atoms with Crippen LogP contribution in [0, 0.1) is 23.2 Å². The van der Waals surface area contributed by atoms with E-state index in [-0.39, 0.29) is 17.6 Å². The Morgan fingerprint density at radius 1 is 1.29 bits per heavy atom.